The average Bonchev–Trinajstić information content (AvgIpc) is 3.15. The first-order chi connectivity index (χ1) is 14.5. The molecule has 3 heterocycles. The van der Waals surface area contributed by atoms with E-state index in [1.54, 1.807) is 6.07 Å². The second kappa shape index (κ2) is 7.90. The van der Waals surface area contributed by atoms with Crippen LogP contribution in [0, 0.1) is 0 Å². The van der Waals surface area contributed by atoms with Crippen molar-refractivity contribution in [1.82, 2.24) is 9.88 Å². The van der Waals surface area contributed by atoms with E-state index < -0.39 is 27.6 Å². The van der Waals surface area contributed by atoms with Crippen LogP contribution in [0.5, 0.6) is 0 Å². The van der Waals surface area contributed by atoms with Crippen LogP contribution < -0.4 is 0 Å². The lowest BCUT2D eigenvalue weighted by atomic mass is 9.88. The Kier molecular flexibility index (Phi) is 5.55. The van der Waals surface area contributed by atoms with Crippen LogP contribution in [-0.2, 0) is 33.8 Å². The van der Waals surface area contributed by atoms with Crippen molar-refractivity contribution >= 4 is 15.7 Å². The molecule has 31 heavy (non-hydrogen) atoms. The molecule has 0 spiro atoms. The molecule has 0 N–H and O–H groups in total. The summed E-state index contributed by atoms with van der Waals surface area (Å²) in [6, 6.07) is 5.51. The Morgan fingerprint density at radius 1 is 1.13 bits per heavy atom. The first-order valence-corrected chi connectivity index (χ1v) is 11.7. The lowest BCUT2D eigenvalue weighted by Crippen LogP contribution is -2.28. The third-order valence-corrected chi connectivity index (χ3v) is 6.84. The number of amides is 1. The second-order valence-corrected chi connectivity index (χ2v) is 9.92. The van der Waals surface area contributed by atoms with Crippen LogP contribution in [0.4, 0.5) is 13.2 Å². The summed E-state index contributed by atoms with van der Waals surface area (Å²) in [6.07, 6.45) is -0.930. The van der Waals surface area contributed by atoms with Crippen LogP contribution in [0.2, 0.25) is 0 Å². The highest BCUT2D eigenvalue weighted by atomic mass is 32.2. The highest BCUT2D eigenvalue weighted by Gasteiger charge is 2.35. The molecule has 1 saturated heterocycles. The average molecular weight is 454 g/mol. The lowest BCUT2D eigenvalue weighted by molar-refractivity contribution is -0.141. The zero-order valence-corrected chi connectivity index (χ0v) is 17.6. The first kappa shape index (κ1) is 21.8. The van der Waals surface area contributed by atoms with Gasteiger partial charge in [-0.25, -0.2) is 8.42 Å². The Morgan fingerprint density at radius 2 is 1.81 bits per heavy atom. The van der Waals surface area contributed by atoms with Crippen LogP contribution in [0.15, 0.2) is 35.4 Å². The van der Waals surface area contributed by atoms with Crippen molar-refractivity contribution in [3.63, 3.8) is 0 Å². The van der Waals surface area contributed by atoms with E-state index in [0.29, 0.717) is 37.2 Å². The van der Waals surface area contributed by atoms with Gasteiger partial charge in [0.05, 0.1) is 4.90 Å². The van der Waals surface area contributed by atoms with Gasteiger partial charge >= 0.3 is 6.18 Å². The fourth-order valence-corrected chi connectivity index (χ4v) is 4.71. The summed E-state index contributed by atoms with van der Waals surface area (Å²) in [6.45, 7) is 1.23. The third kappa shape index (κ3) is 4.45. The molecule has 166 valence electrons. The van der Waals surface area contributed by atoms with Gasteiger partial charge in [-0.1, -0.05) is 6.07 Å². The molecule has 1 fully saturated rings. The normalized spacial score (nSPS) is 17.6. The molecule has 10 heteroatoms. The molecule has 2 aliphatic rings. The minimum absolute atomic E-state index is 0.0100. The summed E-state index contributed by atoms with van der Waals surface area (Å²) in [7, 11) is -3.54. The van der Waals surface area contributed by atoms with Gasteiger partial charge < -0.3 is 9.64 Å². The number of carbonyl (C=O) groups excluding carboxylic acids is 1. The van der Waals surface area contributed by atoms with E-state index in [2.05, 4.69) is 4.98 Å². The quantitative estimate of drug-likeness (QED) is 0.709. The second-order valence-electron chi connectivity index (χ2n) is 7.91. The van der Waals surface area contributed by atoms with Crippen molar-refractivity contribution in [2.24, 2.45) is 0 Å². The van der Waals surface area contributed by atoms with Gasteiger partial charge in [0.1, 0.15) is 5.69 Å². The van der Waals surface area contributed by atoms with Gasteiger partial charge in [0.2, 0.25) is 0 Å². The predicted molar refractivity (Wildman–Crippen MR) is 105 cm³/mol. The fourth-order valence-electron chi connectivity index (χ4n) is 4.07. The number of alkyl halides is 3. The SMILES string of the molecule is CS(=O)(=O)c1ccc(C2CCOCC2)c(C(=O)N2Cc3cnc(C(F)(F)F)cc3C2)c1. The number of rotatable bonds is 3. The van der Waals surface area contributed by atoms with Gasteiger partial charge in [-0.05, 0) is 53.6 Å². The Morgan fingerprint density at radius 3 is 2.45 bits per heavy atom. The molecule has 2 aromatic rings. The number of hydrogen-bond acceptors (Lipinski definition) is 5. The number of nitrogens with zero attached hydrogens (tertiary/aromatic N) is 2. The summed E-state index contributed by atoms with van der Waals surface area (Å²) >= 11 is 0. The minimum atomic E-state index is -4.56. The summed E-state index contributed by atoms with van der Waals surface area (Å²) in [5.74, 6) is -0.360. The molecule has 0 atom stereocenters. The summed E-state index contributed by atoms with van der Waals surface area (Å²) in [5.41, 5.74) is 0.954. The van der Waals surface area contributed by atoms with Crippen LogP contribution in [0.3, 0.4) is 0 Å². The molecular formula is C21H21F3N2O4S. The molecule has 4 rings (SSSR count). The number of pyridine rings is 1. The molecular weight excluding hydrogens is 433 g/mol. The van der Waals surface area contributed by atoms with E-state index in [0.717, 1.165) is 24.1 Å². The summed E-state index contributed by atoms with van der Waals surface area (Å²) < 4.78 is 68.5. The third-order valence-electron chi connectivity index (χ3n) is 5.73. The summed E-state index contributed by atoms with van der Waals surface area (Å²) in [4.78, 5) is 18.3. The molecule has 1 aromatic carbocycles. The zero-order chi connectivity index (χ0) is 22.4. The van der Waals surface area contributed by atoms with Crippen LogP contribution in [-0.4, -0.2) is 43.7 Å². The van der Waals surface area contributed by atoms with Gasteiger partial charge in [-0.2, -0.15) is 13.2 Å². The fraction of sp³-hybridized carbons (Fsp3) is 0.429. The van der Waals surface area contributed by atoms with E-state index >= 15 is 0 Å². The number of sulfone groups is 1. The molecule has 2 aliphatic heterocycles. The Hall–Kier alpha value is -2.46. The lowest BCUT2D eigenvalue weighted by Gasteiger charge is -2.26. The molecule has 1 aromatic heterocycles. The van der Waals surface area contributed by atoms with E-state index in [9.17, 15) is 26.4 Å². The number of hydrogen-bond donors (Lipinski definition) is 0. The van der Waals surface area contributed by atoms with Gasteiger partial charge in [-0.3, -0.25) is 9.78 Å². The van der Waals surface area contributed by atoms with E-state index in [-0.39, 0.29) is 29.5 Å². The van der Waals surface area contributed by atoms with Crippen LogP contribution in [0.25, 0.3) is 0 Å². The number of benzene rings is 1. The molecule has 6 nitrogen and oxygen atoms in total. The monoisotopic (exact) mass is 454 g/mol. The Labute approximate surface area is 178 Å². The summed E-state index contributed by atoms with van der Waals surface area (Å²) in [5, 5.41) is 0. The minimum Gasteiger partial charge on any atom is -0.381 e. The standard InChI is InChI=1S/C21H21F3N2O4S/c1-31(28,29)16-2-3-17(13-4-6-30-7-5-13)18(9-16)20(27)26-11-14-8-19(21(22,23)24)25-10-15(14)12-26/h2-3,8-10,13H,4-7,11-12H2,1H3. The topological polar surface area (TPSA) is 76.6 Å². The van der Waals surface area contributed by atoms with Gasteiger partial charge in [0.15, 0.2) is 9.84 Å². The van der Waals surface area contributed by atoms with Crippen LogP contribution in [0.1, 0.15) is 51.5 Å². The molecule has 1 amide bonds. The molecule has 0 unspecified atom stereocenters. The van der Waals surface area contributed by atoms with E-state index in [4.69, 9.17) is 4.74 Å². The van der Waals surface area contributed by atoms with E-state index in [1.807, 2.05) is 0 Å². The number of ether oxygens (including phenoxy) is 1. The van der Waals surface area contributed by atoms with Gasteiger partial charge in [-0.15, -0.1) is 0 Å². The van der Waals surface area contributed by atoms with Crippen molar-refractivity contribution in [2.75, 3.05) is 19.5 Å². The Bertz CT molecular complexity index is 1130. The predicted octanol–water partition coefficient (Wildman–Crippen LogP) is 3.55. The van der Waals surface area contributed by atoms with Gasteiger partial charge in [0.25, 0.3) is 5.91 Å². The maximum atomic E-state index is 13.4. The number of fused-ring (bicyclic) bond motifs is 1. The maximum absolute atomic E-state index is 13.4. The smallest absolute Gasteiger partial charge is 0.381 e. The Balaban J connectivity index is 1.68. The number of halogens is 3. The van der Waals surface area contributed by atoms with Crippen molar-refractivity contribution in [3.8, 4) is 0 Å². The van der Waals surface area contributed by atoms with Crippen molar-refractivity contribution in [1.29, 1.82) is 0 Å². The van der Waals surface area contributed by atoms with E-state index in [1.165, 1.54) is 17.0 Å². The van der Waals surface area contributed by atoms with Crippen LogP contribution >= 0.6 is 0 Å². The molecule has 0 radical (unpaired) electrons. The number of carbonyl (C=O) groups is 1. The highest BCUT2D eigenvalue weighted by Crippen LogP contribution is 2.35. The molecule has 0 saturated carbocycles. The largest absolute Gasteiger partial charge is 0.433 e. The number of aromatic nitrogens is 1. The molecule has 0 bridgehead atoms. The van der Waals surface area contributed by atoms with Crippen molar-refractivity contribution in [3.05, 3.63) is 58.4 Å². The van der Waals surface area contributed by atoms with Gasteiger partial charge in [0, 0.05) is 44.3 Å². The molecule has 0 aliphatic carbocycles. The highest BCUT2D eigenvalue weighted by molar-refractivity contribution is 7.90. The van der Waals surface area contributed by atoms with Crippen molar-refractivity contribution in [2.45, 2.75) is 42.9 Å². The zero-order valence-electron chi connectivity index (χ0n) is 16.8. The maximum Gasteiger partial charge on any atom is 0.433 e. The van der Waals surface area contributed by atoms with Crippen molar-refractivity contribution < 1.29 is 31.1 Å². The first-order valence-electron chi connectivity index (χ1n) is 9.80.